The summed E-state index contributed by atoms with van der Waals surface area (Å²) in [7, 11) is -2.81. The molecule has 9 heteroatoms. The number of hydrogen-bond donors (Lipinski definition) is 0. The maximum Gasteiger partial charge on any atom is 0.337 e. The Morgan fingerprint density at radius 2 is 1.54 bits per heavy atom. The van der Waals surface area contributed by atoms with Crippen LogP contribution in [0.5, 0.6) is 0 Å². The molecule has 1 saturated heterocycles. The molecule has 0 aromatic heterocycles. The third kappa shape index (κ3) is 5.01. The molecule has 3 aromatic rings. The molecule has 0 aliphatic carbocycles. The Morgan fingerprint density at radius 1 is 0.943 bits per heavy atom. The minimum atomic E-state index is -4.07. The van der Waals surface area contributed by atoms with Crippen LogP contribution in [0.25, 0.3) is 0 Å². The normalized spacial score (nSPS) is 16.1. The van der Waals surface area contributed by atoms with Crippen LogP contribution in [-0.4, -0.2) is 50.2 Å². The third-order valence-corrected chi connectivity index (χ3v) is 7.75. The van der Waals surface area contributed by atoms with Crippen molar-refractivity contribution < 1.29 is 27.5 Å². The summed E-state index contributed by atoms with van der Waals surface area (Å²) in [5, 5.41) is 0. The molecule has 0 radical (unpaired) electrons. The van der Waals surface area contributed by atoms with E-state index in [1.165, 1.54) is 43.5 Å². The largest absolute Gasteiger partial charge is 0.465 e. The van der Waals surface area contributed by atoms with Crippen molar-refractivity contribution in [1.29, 1.82) is 0 Å². The SMILES string of the molecule is COC(=O)c1ccc(N2C(=O)CC(N(CCc3ccccc3)S(=O)(=O)c3ccccc3)C2=O)cc1. The highest BCUT2D eigenvalue weighted by molar-refractivity contribution is 7.89. The van der Waals surface area contributed by atoms with Crippen molar-refractivity contribution in [3.8, 4) is 0 Å². The van der Waals surface area contributed by atoms with E-state index < -0.39 is 33.8 Å². The quantitative estimate of drug-likeness (QED) is 0.354. The summed E-state index contributed by atoms with van der Waals surface area (Å²) in [6.07, 6.45) is 0.0944. The lowest BCUT2D eigenvalue weighted by molar-refractivity contribution is -0.122. The van der Waals surface area contributed by atoms with Gasteiger partial charge in [-0.05, 0) is 48.4 Å². The van der Waals surface area contributed by atoms with Gasteiger partial charge in [-0.1, -0.05) is 48.5 Å². The molecule has 1 aliphatic heterocycles. The van der Waals surface area contributed by atoms with Gasteiger partial charge in [0.1, 0.15) is 6.04 Å². The number of esters is 1. The number of rotatable bonds is 8. The number of imide groups is 1. The van der Waals surface area contributed by atoms with Gasteiger partial charge in [-0.3, -0.25) is 9.59 Å². The van der Waals surface area contributed by atoms with E-state index in [0.29, 0.717) is 6.42 Å². The molecular weight excluding hydrogens is 468 g/mol. The van der Waals surface area contributed by atoms with E-state index in [9.17, 15) is 22.8 Å². The smallest absolute Gasteiger partial charge is 0.337 e. The minimum Gasteiger partial charge on any atom is -0.465 e. The van der Waals surface area contributed by atoms with Crippen molar-refractivity contribution in [1.82, 2.24) is 4.31 Å². The average molecular weight is 493 g/mol. The lowest BCUT2D eigenvalue weighted by Crippen LogP contribution is -2.46. The fourth-order valence-corrected chi connectivity index (χ4v) is 5.64. The van der Waals surface area contributed by atoms with Gasteiger partial charge >= 0.3 is 5.97 Å². The zero-order valence-electron chi connectivity index (χ0n) is 19.0. The zero-order chi connectivity index (χ0) is 25.0. The van der Waals surface area contributed by atoms with Crippen LogP contribution in [0.4, 0.5) is 5.69 Å². The topological polar surface area (TPSA) is 101 Å². The number of ether oxygens (including phenoxy) is 1. The predicted octanol–water partition coefficient (Wildman–Crippen LogP) is 3.04. The lowest BCUT2D eigenvalue weighted by Gasteiger charge is -2.27. The van der Waals surface area contributed by atoms with Crippen molar-refractivity contribution in [3.63, 3.8) is 0 Å². The molecule has 1 aliphatic rings. The van der Waals surface area contributed by atoms with Crippen molar-refractivity contribution in [2.24, 2.45) is 0 Å². The Labute approximate surface area is 203 Å². The maximum absolute atomic E-state index is 13.6. The summed E-state index contributed by atoms with van der Waals surface area (Å²) < 4.78 is 33.0. The van der Waals surface area contributed by atoms with E-state index in [2.05, 4.69) is 4.74 Å². The van der Waals surface area contributed by atoms with Gasteiger partial charge < -0.3 is 4.74 Å². The minimum absolute atomic E-state index is 0.0278. The van der Waals surface area contributed by atoms with Gasteiger partial charge in [0.2, 0.25) is 15.9 Å². The van der Waals surface area contributed by atoms with Gasteiger partial charge in [-0.15, -0.1) is 0 Å². The molecule has 0 spiro atoms. The number of anilines is 1. The van der Waals surface area contributed by atoms with E-state index in [1.807, 2.05) is 30.3 Å². The number of hydrogen-bond acceptors (Lipinski definition) is 6. The lowest BCUT2D eigenvalue weighted by atomic mass is 10.1. The van der Waals surface area contributed by atoms with Crippen LogP contribution >= 0.6 is 0 Å². The number of benzene rings is 3. The molecule has 1 heterocycles. The predicted molar refractivity (Wildman–Crippen MR) is 129 cm³/mol. The van der Waals surface area contributed by atoms with E-state index in [4.69, 9.17) is 0 Å². The first-order valence-electron chi connectivity index (χ1n) is 11.0. The van der Waals surface area contributed by atoms with Crippen LogP contribution in [0.3, 0.4) is 0 Å². The number of sulfonamides is 1. The molecule has 3 aromatic carbocycles. The Bertz CT molecular complexity index is 1330. The van der Waals surface area contributed by atoms with Crippen LogP contribution < -0.4 is 4.90 Å². The second kappa shape index (κ2) is 10.2. The molecule has 2 amide bonds. The summed E-state index contributed by atoms with van der Waals surface area (Å²) in [5.41, 5.74) is 1.44. The molecule has 4 rings (SSSR count). The van der Waals surface area contributed by atoms with Gasteiger partial charge in [-0.25, -0.2) is 18.1 Å². The molecule has 180 valence electrons. The summed E-state index contributed by atoms with van der Waals surface area (Å²) in [4.78, 5) is 39.1. The summed E-state index contributed by atoms with van der Waals surface area (Å²) >= 11 is 0. The van der Waals surface area contributed by atoms with Crippen LogP contribution in [-0.2, 0) is 30.8 Å². The molecule has 8 nitrogen and oxygen atoms in total. The Kier molecular flexibility index (Phi) is 7.09. The van der Waals surface area contributed by atoms with Crippen molar-refractivity contribution in [2.75, 3.05) is 18.6 Å². The van der Waals surface area contributed by atoms with E-state index in [1.54, 1.807) is 18.2 Å². The van der Waals surface area contributed by atoms with E-state index in [0.717, 1.165) is 14.8 Å². The van der Waals surface area contributed by atoms with Gasteiger partial charge in [0.25, 0.3) is 5.91 Å². The fourth-order valence-electron chi connectivity index (χ4n) is 4.03. The van der Waals surface area contributed by atoms with Gasteiger partial charge in [0.05, 0.1) is 29.7 Å². The maximum atomic E-state index is 13.6. The molecule has 0 bridgehead atoms. The third-order valence-electron chi connectivity index (χ3n) is 5.83. The first-order valence-corrected chi connectivity index (χ1v) is 12.4. The molecule has 1 unspecified atom stereocenters. The van der Waals surface area contributed by atoms with E-state index >= 15 is 0 Å². The fraction of sp³-hybridized carbons (Fsp3) is 0.192. The number of nitrogens with zero attached hydrogens (tertiary/aromatic N) is 2. The average Bonchev–Trinajstić information content (AvgIpc) is 3.18. The summed E-state index contributed by atoms with van der Waals surface area (Å²) in [5.74, 6) is -1.69. The summed E-state index contributed by atoms with van der Waals surface area (Å²) in [6.45, 7) is 0.0278. The number of carbonyl (C=O) groups excluding carboxylic acids is 3. The van der Waals surface area contributed by atoms with Crippen LogP contribution in [0.2, 0.25) is 0 Å². The highest BCUT2D eigenvalue weighted by atomic mass is 32.2. The Hall–Kier alpha value is -3.82. The molecule has 35 heavy (non-hydrogen) atoms. The van der Waals surface area contributed by atoms with E-state index in [-0.39, 0.29) is 29.1 Å². The van der Waals surface area contributed by atoms with Gasteiger partial charge in [-0.2, -0.15) is 4.31 Å². The van der Waals surface area contributed by atoms with Crippen LogP contribution in [0.1, 0.15) is 22.3 Å². The molecule has 0 N–H and O–H groups in total. The molecule has 1 fully saturated rings. The Morgan fingerprint density at radius 3 is 2.14 bits per heavy atom. The van der Waals surface area contributed by atoms with Crippen LogP contribution in [0.15, 0.2) is 89.8 Å². The molecular formula is C26H24N2O6S. The zero-order valence-corrected chi connectivity index (χ0v) is 19.9. The van der Waals surface area contributed by atoms with Gasteiger partial charge in [0, 0.05) is 6.54 Å². The monoisotopic (exact) mass is 492 g/mol. The highest BCUT2D eigenvalue weighted by Crippen LogP contribution is 2.30. The highest BCUT2D eigenvalue weighted by Gasteiger charge is 2.46. The summed E-state index contributed by atoms with van der Waals surface area (Å²) in [6, 6.07) is 21.8. The second-order valence-corrected chi connectivity index (χ2v) is 9.88. The number of carbonyl (C=O) groups is 3. The van der Waals surface area contributed by atoms with Crippen molar-refractivity contribution >= 4 is 33.5 Å². The first kappa shape index (κ1) is 24.3. The number of methoxy groups -OCH3 is 1. The molecule has 1 atom stereocenters. The second-order valence-electron chi connectivity index (χ2n) is 7.99. The first-order chi connectivity index (χ1) is 16.8. The van der Waals surface area contributed by atoms with Crippen molar-refractivity contribution in [2.45, 2.75) is 23.8 Å². The molecule has 0 saturated carbocycles. The number of amides is 2. The van der Waals surface area contributed by atoms with Crippen molar-refractivity contribution in [3.05, 3.63) is 96.1 Å². The van der Waals surface area contributed by atoms with Gasteiger partial charge in [0.15, 0.2) is 0 Å². The Balaban J connectivity index is 1.66. The van der Waals surface area contributed by atoms with Crippen LogP contribution in [0, 0.1) is 0 Å². The standard InChI is InChI=1S/C26H24N2O6S/c1-34-26(31)20-12-14-21(15-13-20)28-24(29)18-23(25(28)30)27(17-16-19-8-4-2-5-9-19)35(32,33)22-10-6-3-7-11-22/h2-15,23H,16-18H2,1H3.